The molecule has 1 heterocycles. The van der Waals surface area contributed by atoms with Gasteiger partial charge in [0, 0.05) is 26.1 Å². The van der Waals surface area contributed by atoms with Gasteiger partial charge in [-0.25, -0.2) is 0 Å². The molecule has 2 aromatic rings. The third-order valence-electron chi connectivity index (χ3n) is 3.75. The van der Waals surface area contributed by atoms with Gasteiger partial charge in [-0.2, -0.15) is 4.98 Å². The summed E-state index contributed by atoms with van der Waals surface area (Å²) in [5.74, 6) is 2.20. The van der Waals surface area contributed by atoms with Gasteiger partial charge in [0.25, 0.3) is 0 Å². The van der Waals surface area contributed by atoms with E-state index in [2.05, 4.69) is 57.0 Å². The molecule has 0 aliphatic heterocycles. The highest BCUT2D eigenvalue weighted by atomic mass is 127. The maximum absolute atomic E-state index is 5.10. The fourth-order valence-corrected chi connectivity index (χ4v) is 2.42. The fraction of sp³-hybridized carbons (Fsp3) is 0.500. The average molecular weight is 457 g/mol. The summed E-state index contributed by atoms with van der Waals surface area (Å²) < 4.78 is 5.10. The lowest BCUT2D eigenvalue weighted by Crippen LogP contribution is -2.42. The molecule has 0 aliphatic carbocycles. The van der Waals surface area contributed by atoms with Crippen LogP contribution >= 0.6 is 24.0 Å². The molecule has 1 aromatic carbocycles. The molecule has 0 radical (unpaired) electrons. The van der Waals surface area contributed by atoms with Gasteiger partial charge in [0.1, 0.15) is 0 Å². The van der Waals surface area contributed by atoms with Gasteiger partial charge in [-0.1, -0.05) is 35.5 Å². The Morgan fingerprint density at radius 3 is 2.64 bits per heavy atom. The summed E-state index contributed by atoms with van der Waals surface area (Å²) in [6, 6.07) is 10.9. The zero-order chi connectivity index (χ0) is 17.2. The minimum Gasteiger partial charge on any atom is -0.356 e. The predicted octanol–water partition coefficient (Wildman–Crippen LogP) is 3.11. The van der Waals surface area contributed by atoms with E-state index in [1.807, 2.05) is 13.0 Å². The number of halogens is 1. The Morgan fingerprint density at radius 2 is 2.00 bits per heavy atom. The Morgan fingerprint density at radius 1 is 1.24 bits per heavy atom. The zero-order valence-corrected chi connectivity index (χ0v) is 17.5. The highest BCUT2D eigenvalue weighted by molar-refractivity contribution is 14.0. The molecule has 0 spiro atoms. The normalized spacial score (nSPS) is 12.4. The molecule has 1 atom stereocenters. The van der Waals surface area contributed by atoms with Crippen LogP contribution < -0.4 is 10.6 Å². The Hall–Kier alpha value is -1.64. The molecule has 0 aliphatic rings. The molecular weight excluding hydrogens is 429 g/mol. The van der Waals surface area contributed by atoms with Crippen LogP contribution in [0.2, 0.25) is 0 Å². The van der Waals surface area contributed by atoms with Crippen LogP contribution in [0, 0.1) is 6.92 Å². The summed E-state index contributed by atoms with van der Waals surface area (Å²) in [6.45, 7) is 4.82. The van der Waals surface area contributed by atoms with E-state index in [9.17, 15) is 0 Å². The van der Waals surface area contributed by atoms with Crippen LogP contribution in [0.3, 0.4) is 0 Å². The third kappa shape index (κ3) is 8.33. The number of nitrogens with one attached hydrogen (secondary N) is 2. The van der Waals surface area contributed by atoms with Gasteiger partial charge >= 0.3 is 0 Å². The first-order valence-electron chi connectivity index (χ1n) is 8.47. The SMILES string of the molecule is CN=C(NCCCc1nc(C)no1)NC(C)CCc1ccccc1.I. The molecule has 138 valence electrons. The van der Waals surface area contributed by atoms with E-state index >= 15 is 0 Å². The van der Waals surface area contributed by atoms with Crippen molar-refractivity contribution in [2.75, 3.05) is 13.6 Å². The highest BCUT2D eigenvalue weighted by Crippen LogP contribution is 2.04. The Kier molecular flexibility index (Phi) is 10.1. The van der Waals surface area contributed by atoms with Crippen molar-refractivity contribution in [2.45, 2.75) is 45.6 Å². The Bertz CT molecular complexity index is 629. The number of guanidine groups is 1. The van der Waals surface area contributed by atoms with E-state index in [0.29, 0.717) is 17.8 Å². The number of benzene rings is 1. The number of hydrogen-bond donors (Lipinski definition) is 2. The second kappa shape index (κ2) is 11.8. The largest absolute Gasteiger partial charge is 0.356 e. The molecule has 0 bridgehead atoms. The van der Waals surface area contributed by atoms with Crippen molar-refractivity contribution in [1.82, 2.24) is 20.8 Å². The fourth-order valence-electron chi connectivity index (χ4n) is 2.42. The summed E-state index contributed by atoms with van der Waals surface area (Å²) in [6.07, 6.45) is 3.81. The van der Waals surface area contributed by atoms with Gasteiger partial charge < -0.3 is 15.2 Å². The minimum atomic E-state index is 0. The molecule has 1 unspecified atom stereocenters. The second-order valence-corrected chi connectivity index (χ2v) is 5.91. The zero-order valence-electron chi connectivity index (χ0n) is 15.2. The van der Waals surface area contributed by atoms with Crippen LogP contribution in [-0.2, 0) is 12.8 Å². The maximum atomic E-state index is 5.10. The summed E-state index contributed by atoms with van der Waals surface area (Å²) in [5, 5.41) is 10.5. The van der Waals surface area contributed by atoms with Crippen molar-refractivity contribution in [3.8, 4) is 0 Å². The van der Waals surface area contributed by atoms with E-state index < -0.39 is 0 Å². The quantitative estimate of drug-likeness (QED) is 0.276. The molecule has 0 saturated carbocycles. The lowest BCUT2D eigenvalue weighted by molar-refractivity contribution is 0.372. The van der Waals surface area contributed by atoms with E-state index in [1.54, 1.807) is 7.05 Å². The van der Waals surface area contributed by atoms with E-state index in [4.69, 9.17) is 4.52 Å². The number of aliphatic imine (C=N–C) groups is 1. The lowest BCUT2D eigenvalue weighted by Gasteiger charge is -2.17. The lowest BCUT2D eigenvalue weighted by atomic mass is 10.1. The second-order valence-electron chi connectivity index (χ2n) is 5.91. The van der Waals surface area contributed by atoms with Crippen molar-refractivity contribution < 1.29 is 4.52 Å². The van der Waals surface area contributed by atoms with Gasteiger partial charge in [-0.15, -0.1) is 24.0 Å². The summed E-state index contributed by atoms with van der Waals surface area (Å²) in [5.41, 5.74) is 1.36. The molecule has 0 amide bonds. The first-order chi connectivity index (χ1) is 11.7. The van der Waals surface area contributed by atoms with Gasteiger partial charge in [0.2, 0.25) is 5.89 Å². The van der Waals surface area contributed by atoms with Crippen LogP contribution in [0.15, 0.2) is 39.8 Å². The first-order valence-corrected chi connectivity index (χ1v) is 8.47. The number of nitrogens with zero attached hydrogens (tertiary/aromatic N) is 3. The van der Waals surface area contributed by atoms with Crippen molar-refractivity contribution in [1.29, 1.82) is 0 Å². The number of hydrogen-bond acceptors (Lipinski definition) is 4. The van der Waals surface area contributed by atoms with Crippen LogP contribution in [0.1, 0.15) is 37.0 Å². The van der Waals surface area contributed by atoms with Crippen molar-refractivity contribution in [3.05, 3.63) is 47.6 Å². The van der Waals surface area contributed by atoms with Crippen LogP contribution in [-0.4, -0.2) is 35.7 Å². The summed E-state index contributed by atoms with van der Waals surface area (Å²) in [4.78, 5) is 8.47. The average Bonchev–Trinajstić information content (AvgIpc) is 3.02. The predicted molar refractivity (Wildman–Crippen MR) is 111 cm³/mol. The van der Waals surface area contributed by atoms with E-state index in [-0.39, 0.29) is 24.0 Å². The van der Waals surface area contributed by atoms with Crippen LogP contribution in [0.25, 0.3) is 0 Å². The molecular formula is C18H28IN5O. The van der Waals surface area contributed by atoms with Crippen LogP contribution in [0.5, 0.6) is 0 Å². The topological polar surface area (TPSA) is 75.3 Å². The van der Waals surface area contributed by atoms with Crippen molar-refractivity contribution in [2.24, 2.45) is 4.99 Å². The molecule has 0 fully saturated rings. The molecule has 7 heteroatoms. The number of aryl methyl sites for hydroxylation is 3. The highest BCUT2D eigenvalue weighted by Gasteiger charge is 2.06. The first kappa shape index (κ1) is 21.4. The molecule has 0 saturated heterocycles. The number of aromatic nitrogens is 2. The van der Waals surface area contributed by atoms with Gasteiger partial charge in [0.15, 0.2) is 11.8 Å². The smallest absolute Gasteiger partial charge is 0.226 e. The molecule has 6 nitrogen and oxygen atoms in total. The van der Waals surface area contributed by atoms with Gasteiger partial charge in [-0.3, -0.25) is 4.99 Å². The van der Waals surface area contributed by atoms with Crippen molar-refractivity contribution >= 4 is 29.9 Å². The minimum absolute atomic E-state index is 0. The summed E-state index contributed by atoms with van der Waals surface area (Å²) >= 11 is 0. The monoisotopic (exact) mass is 457 g/mol. The number of rotatable bonds is 8. The van der Waals surface area contributed by atoms with Crippen molar-refractivity contribution in [3.63, 3.8) is 0 Å². The molecule has 2 rings (SSSR count). The standard InChI is InChI=1S/C18H27N5O.HI/c1-14(11-12-16-8-5-4-6-9-16)21-18(19-3)20-13-7-10-17-22-15(2)23-24-17;/h4-6,8-9,14H,7,10-13H2,1-3H3,(H2,19,20,21);1H. The maximum Gasteiger partial charge on any atom is 0.226 e. The van der Waals surface area contributed by atoms with E-state index in [0.717, 1.165) is 38.2 Å². The third-order valence-corrected chi connectivity index (χ3v) is 3.75. The van der Waals surface area contributed by atoms with Gasteiger partial charge in [0.05, 0.1) is 0 Å². The van der Waals surface area contributed by atoms with E-state index in [1.165, 1.54) is 5.56 Å². The van der Waals surface area contributed by atoms with Crippen LogP contribution in [0.4, 0.5) is 0 Å². The molecule has 1 aromatic heterocycles. The Balaban J connectivity index is 0.00000312. The summed E-state index contributed by atoms with van der Waals surface area (Å²) in [7, 11) is 1.79. The molecule has 25 heavy (non-hydrogen) atoms. The molecule has 2 N–H and O–H groups in total. The van der Waals surface area contributed by atoms with Gasteiger partial charge in [-0.05, 0) is 38.7 Å². The Labute approximate surface area is 166 Å².